The minimum atomic E-state index is -0.982. The maximum absolute atomic E-state index is 13.9. The van der Waals surface area contributed by atoms with Gasteiger partial charge in [0.1, 0.15) is 11.4 Å². The number of halogens is 2. The second kappa shape index (κ2) is 12.6. The van der Waals surface area contributed by atoms with Gasteiger partial charge in [0.2, 0.25) is 0 Å². The lowest BCUT2D eigenvalue weighted by Gasteiger charge is -2.28. The molecule has 2 heterocycles. The molecule has 0 unspecified atom stereocenters. The predicted molar refractivity (Wildman–Crippen MR) is 173 cm³/mol. The van der Waals surface area contributed by atoms with Crippen LogP contribution >= 0.6 is 27.5 Å². The second-order valence-corrected chi connectivity index (χ2v) is 12.8. The number of rotatable bonds is 8. The summed E-state index contributed by atoms with van der Waals surface area (Å²) in [6.45, 7) is 8.05. The van der Waals surface area contributed by atoms with E-state index in [1.807, 2.05) is 38.1 Å². The van der Waals surface area contributed by atoms with Gasteiger partial charge in [-0.1, -0.05) is 35.9 Å². The van der Waals surface area contributed by atoms with Crippen LogP contribution in [0.5, 0.6) is 5.75 Å². The molecule has 230 valence electrons. The Kier molecular flexibility index (Phi) is 9.06. The van der Waals surface area contributed by atoms with E-state index in [1.165, 1.54) is 4.57 Å². The first kappa shape index (κ1) is 31.6. The third-order valence-corrected chi connectivity index (χ3v) is 8.66. The van der Waals surface area contributed by atoms with Crippen LogP contribution in [0.1, 0.15) is 65.4 Å². The molecule has 11 heteroatoms. The van der Waals surface area contributed by atoms with Crippen LogP contribution in [0.2, 0.25) is 5.02 Å². The third-order valence-electron chi connectivity index (χ3n) is 7.43. The summed E-state index contributed by atoms with van der Waals surface area (Å²) in [6.07, 6.45) is -0.0200. The molecule has 0 spiro atoms. The highest BCUT2D eigenvalue weighted by Gasteiger charge is 2.32. The number of amides is 2. The third kappa shape index (κ3) is 6.62. The first-order valence-electron chi connectivity index (χ1n) is 14.3. The average Bonchev–Trinajstić information content (AvgIpc) is 3.28. The smallest absolute Gasteiger partial charge is 0.333 e. The maximum Gasteiger partial charge on any atom is 0.333 e. The molecule has 2 amide bonds. The summed E-state index contributed by atoms with van der Waals surface area (Å²) in [7, 11) is 0. The number of aromatic nitrogens is 2. The largest absolute Gasteiger partial charge is 0.491 e. The summed E-state index contributed by atoms with van der Waals surface area (Å²) < 4.78 is 9.40. The van der Waals surface area contributed by atoms with E-state index in [4.69, 9.17) is 16.3 Å². The summed E-state index contributed by atoms with van der Waals surface area (Å²) in [6, 6.07) is 19.3. The number of ether oxygens (including phenoxy) is 1. The van der Waals surface area contributed by atoms with Gasteiger partial charge in [-0.15, -0.1) is 0 Å². The number of aliphatic hydroxyl groups is 1. The standard InChI is InChI=1S/C33H34BrClN4O5/c1-20(2)44-25-12-10-24(11-13-25)39-29(30(40)36-18-21-5-8-23(9-6-21)33(3,4)43)28-19-37(15-16-38(28)32(39)42)31(41)22-7-14-26(34)27(35)17-22/h5-14,17,20,43H,15-16,18-19H2,1-4H3,(H,36,40). The van der Waals surface area contributed by atoms with Crippen LogP contribution in [0.15, 0.2) is 76.0 Å². The quantitative estimate of drug-likeness (QED) is 0.250. The van der Waals surface area contributed by atoms with E-state index in [1.54, 1.807) is 65.8 Å². The summed E-state index contributed by atoms with van der Waals surface area (Å²) in [5, 5.41) is 13.6. The normalized spacial score (nSPS) is 13.1. The molecule has 44 heavy (non-hydrogen) atoms. The Morgan fingerprint density at radius 1 is 1.05 bits per heavy atom. The van der Waals surface area contributed by atoms with Gasteiger partial charge in [-0.3, -0.25) is 18.7 Å². The Morgan fingerprint density at radius 2 is 1.73 bits per heavy atom. The highest BCUT2D eigenvalue weighted by atomic mass is 79.9. The molecule has 0 saturated heterocycles. The molecule has 0 radical (unpaired) electrons. The van der Waals surface area contributed by atoms with Gasteiger partial charge in [0.25, 0.3) is 11.8 Å². The number of benzene rings is 3. The van der Waals surface area contributed by atoms with Crippen molar-refractivity contribution in [3.63, 3.8) is 0 Å². The molecule has 5 rings (SSSR count). The number of fused-ring (bicyclic) bond motifs is 1. The first-order chi connectivity index (χ1) is 20.8. The molecule has 0 aliphatic carbocycles. The highest BCUT2D eigenvalue weighted by Crippen LogP contribution is 2.27. The fraction of sp³-hybridized carbons (Fsp3) is 0.303. The SMILES string of the molecule is CC(C)Oc1ccc(-n2c(C(=O)NCc3ccc(C(C)(C)O)cc3)c3n(c2=O)CCN(C(=O)c2ccc(Br)c(Cl)c2)C3)cc1. The molecule has 1 aliphatic heterocycles. The van der Waals surface area contributed by atoms with Crippen molar-refractivity contribution in [2.24, 2.45) is 0 Å². The van der Waals surface area contributed by atoms with E-state index in [-0.39, 0.29) is 43.0 Å². The zero-order chi connectivity index (χ0) is 31.8. The minimum Gasteiger partial charge on any atom is -0.491 e. The van der Waals surface area contributed by atoms with E-state index in [0.29, 0.717) is 38.7 Å². The summed E-state index contributed by atoms with van der Waals surface area (Å²) in [5.74, 6) is -0.0589. The molecule has 3 aromatic carbocycles. The van der Waals surface area contributed by atoms with Crippen LogP contribution in [0.25, 0.3) is 5.69 Å². The Balaban J connectivity index is 1.50. The van der Waals surface area contributed by atoms with Crippen LogP contribution in [-0.4, -0.2) is 43.6 Å². The molecule has 0 saturated carbocycles. The minimum absolute atomic E-state index is 0.0200. The molecule has 1 aliphatic rings. The number of imidazole rings is 1. The van der Waals surface area contributed by atoms with Crippen molar-refractivity contribution >= 4 is 39.3 Å². The van der Waals surface area contributed by atoms with Gasteiger partial charge in [-0.25, -0.2) is 4.79 Å². The van der Waals surface area contributed by atoms with Crippen molar-refractivity contribution in [2.45, 2.75) is 59.0 Å². The zero-order valence-corrected chi connectivity index (χ0v) is 27.3. The predicted octanol–water partition coefficient (Wildman–Crippen LogP) is 5.66. The van der Waals surface area contributed by atoms with Crippen molar-refractivity contribution in [1.29, 1.82) is 0 Å². The molecule has 1 aromatic heterocycles. The van der Waals surface area contributed by atoms with Crippen LogP contribution < -0.4 is 15.7 Å². The number of nitrogens with one attached hydrogen (secondary N) is 1. The highest BCUT2D eigenvalue weighted by molar-refractivity contribution is 9.10. The lowest BCUT2D eigenvalue weighted by molar-refractivity contribution is 0.0706. The maximum atomic E-state index is 13.9. The number of carbonyl (C=O) groups is 2. The fourth-order valence-electron chi connectivity index (χ4n) is 5.16. The Labute approximate surface area is 269 Å². The Morgan fingerprint density at radius 3 is 2.34 bits per heavy atom. The Hall–Kier alpha value is -3.86. The van der Waals surface area contributed by atoms with Crippen molar-refractivity contribution in [1.82, 2.24) is 19.4 Å². The molecular weight excluding hydrogens is 648 g/mol. The van der Waals surface area contributed by atoms with Crippen molar-refractivity contribution < 1.29 is 19.4 Å². The molecule has 4 aromatic rings. The van der Waals surface area contributed by atoms with Gasteiger partial charge >= 0.3 is 5.69 Å². The molecular formula is C33H34BrClN4O5. The number of nitrogens with zero attached hydrogens (tertiary/aromatic N) is 3. The number of hydrogen-bond donors (Lipinski definition) is 2. The van der Waals surface area contributed by atoms with E-state index in [2.05, 4.69) is 21.2 Å². The van der Waals surface area contributed by atoms with Gasteiger partial charge in [0, 0.05) is 29.7 Å². The van der Waals surface area contributed by atoms with Crippen LogP contribution in [0, 0.1) is 0 Å². The van der Waals surface area contributed by atoms with Gasteiger partial charge in [0.05, 0.1) is 34.7 Å². The van der Waals surface area contributed by atoms with E-state index < -0.39 is 11.5 Å². The van der Waals surface area contributed by atoms with Crippen LogP contribution in [0.4, 0.5) is 0 Å². The van der Waals surface area contributed by atoms with Gasteiger partial charge in [-0.05, 0) is 97.2 Å². The van der Waals surface area contributed by atoms with E-state index >= 15 is 0 Å². The van der Waals surface area contributed by atoms with E-state index in [9.17, 15) is 19.5 Å². The van der Waals surface area contributed by atoms with E-state index in [0.717, 1.165) is 11.1 Å². The summed E-state index contributed by atoms with van der Waals surface area (Å²) in [4.78, 5) is 42.8. The molecule has 2 N–H and O–H groups in total. The molecule has 0 bridgehead atoms. The summed E-state index contributed by atoms with van der Waals surface area (Å²) >= 11 is 9.60. The van der Waals surface area contributed by atoms with Crippen LogP contribution in [0.3, 0.4) is 0 Å². The fourth-order valence-corrected chi connectivity index (χ4v) is 5.59. The molecule has 9 nitrogen and oxygen atoms in total. The van der Waals surface area contributed by atoms with Crippen molar-refractivity contribution in [2.75, 3.05) is 6.54 Å². The molecule has 0 atom stereocenters. The summed E-state index contributed by atoms with van der Waals surface area (Å²) in [5.41, 5.74) is 1.75. The monoisotopic (exact) mass is 680 g/mol. The average molecular weight is 682 g/mol. The van der Waals surface area contributed by atoms with Gasteiger partial charge < -0.3 is 20.1 Å². The van der Waals surface area contributed by atoms with Crippen molar-refractivity contribution in [3.8, 4) is 11.4 Å². The number of hydrogen-bond acceptors (Lipinski definition) is 5. The lowest BCUT2D eigenvalue weighted by Crippen LogP contribution is -2.41. The Bertz CT molecular complexity index is 1760. The van der Waals surface area contributed by atoms with Crippen molar-refractivity contribution in [3.05, 3.63) is 115 Å². The number of carbonyl (C=O) groups excluding carboxylic acids is 2. The second-order valence-electron chi connectivity index (χ2n) is 11.5. The van der Waals surface area contributed by atoms with Gasteiger partial charge in [-0.2, -0.15) is 0 Å². The first-order valence-corrected chi connectivity index (χ1v) is 15.5. The topological polar surface area (TPSA) is 106 Å². The van der Waals surface area contributed by atoms with Gasteiger partial charge in [0.15, 0.2) is 0 Å². The van der Waals surface area contributed by atoms with Crippen LogP contribution in [-0.2, 0) is 25.2 Å². The lowest BCUT2D eigenvalue weighted by atomic mass is 9.97. The zero-order valence-electron chi connectivity index (χ0n) is 24.9. The molecule has 0 fully saturated rings.